The Hall–Kier alpha value is -8.11. The van der Waals surface area contributed by atoms with Crippen molar-refractivity contribution >= 4 is 32.8 Å². The molecule has 3 aromatic heterocycles. The van der Waals surface area contributed by atoms with Crippen molar-refractivity contribution in [1.29, 1.82) is 0 Å². The van der Waals surface area contributed by atoms with E-state index in [9.17, 15) is 0 Å². The Morgan fingerprint density at radius 2 is 1.26 bits per heavy atom. The van der Waals surface area contributed by atoms with Crippen LogP contribution in [-0.2, 0) is 32.9 Å². The van der Waals surface area contributed by atoms with Crippen molar-refractivity contribution in [1.82, 2.24) is 14.1 Å². The van der Waals surface area contributed by atoms with Gasteiger partial charge in [-0.2, -0.15) is 18.2 Å². The van der Waals surface area contributed by atoms with Gasteiger partial charge in [-0.25, -0.2) is 4.98 Å². The van der Waals surface area contributed by atoms with Crippen molar-refractivity contribution in [2.75, 3.05) is 0 Å². The second-order valence-corrected chi connectivity index (χ2v) is 17.4. The smallest absolute Gasteiger partial charge is 0.268 e. The maximum Gasteiger partial charge on any atom is 0.268 e. The van der Waals surface area contributed by atoms with Crippen LogP contribution in [0.2, 0.25) is 0 Å². The van der Waals surface area contributed by atoms with Gasteiger partial charge in [0, 0.05) is 44.3 Å². The van der Waals surface area contributed by atoms with Crippen LogP contribution in [0.1, 0.15) is 38.7 Å². The largest absolute Gasteiger partial charge is 0.510 e. The van der Waals surface area contributed by atoms with Crippen molar-refractivity contribution in [3.05, 3.63) is 260 Å². The first-order chi connectivity index (χ1) is 38.1. The van der Waals surface area contributed by atoms with Gasteiger partial charge in [0.2, 0.25) is 0 Å². The zero-order valence-corrected chi connectivity index (χ0v) is 40.2. The molecule has 5 nitrogen and oxygen atoms in total. The third-order valence-electron chi connectivity index (χ3n) is 12.6. The minimum Gasteiger partial charge on any atom is -0.510 e. The van der Waals surface area contributed by atoms with Crippen molar-refractivity contribution in [2.45, 2.75) is 25.7 Å². The Morgan fingerprint density at radius 3 is 2.00 bits per heavy atom. The van der Waals surface area contributed by atoms with Gasteiger partial charge in [0.05, 0.1) is 30.4 Å². The molecule has 0 aliphatic carbocycles. The molecule has 0 saturated carbocycles. The maximum atomic E-state index is 9.16. The number of para-hydroxylation sites is 2. The van der Waals surface area contributed by atoms with Crippen LogP contribution in [0.4, 0.5) is 0 Å². The average Bonchev–Trinajstić information content (AvgIpc) is 4.19. The summed E-state index contributed by atoms with van der Waals surface area (Å²) in [7, 11) is 0. The number of fused-ring (bicyclic) bond motifs is 4. The van der Waals surface area contributed by atoms with Gasteiger partial charge in [-0.1, -0.05) is 189 Å². The second kappa shape index (κ2) is 18.8. The number of rotatable bonds is 11. The summed E-state index contributed by atoms with van der Waals surface area (Å²) in [6.07, 6.45) is 6.13. The molecule has 0 aliphatic heterocycles. The topological polar surface area (TPSA) is 35.9 Å². The molecular formula is C64H46N4OPt-2. The van der Waals surface area contributed by atoms with E-state index in [-0.39, 0.29) is 54.4 Å². The van der Waals surface area contributed by atoms with E-state index in [2.05, 4.69) is 85.4 Å². The van der Waals surface area contributed by atoms with Crippen molar-refractivity contribution in [2.24, 2.45) is 0 Å². The van der Waals surface area contributed by atoms with Crippen LogP contribution < -0.4 is 9.30 Å². The number of aromatic nitrogens is 4. The van der Waals surface area contributed by atoms with E-state index in [0.717, 1.165) is 50.7 Å². The van der Waals surface area contributed by atoms with Gasteiger partial charge < -0.3 is 13.9 Å². The molecule has 0 saturated heterocycles. The quantitative estimate of drug-likeness (QED) is 0.0956. The molecule has 70 heavy (non-hydrogen) atoms. The number of pyridine rings is 1. The standard InChI is InChI=1S/C64H46N4O.Pt/c1-64(2,50-25-13-6-14-26-50)43-45-37-38-65-62(39-45)68-58-32-16-15-29-56(58)57-35-34-53(42-60(57)68)69-52-28-17-27-51(41-52)66-44-67(61-40-49(33-36-59(61)66)46-19-7-3-8-20-46)63-54(47-21-9-4-10-22-47)30-18-31-55(63)48-23-11-5-12-24-48;/h3-40H,43H2,1-2H3;/q-2;/i4D,5D,9D,10D,11D,12D,21D,22D,23D,24D;. The Balaban J connectivity index is 0.00000675. The average molecular weight is 1090 g/mol. The molecule has 0 unspecified atom stereocenters. The molecule has 0 bridgehead atoms. The van der Waals surface area contributed by atoms with Crippen molar-refractivity contribution < 1.29 is 44.1 Å². The summed E-state index contributed by atoms with van der Waals surface area (Å²) >= 11 is 0. The Kier molecular flexibility index (Phi) is 9.17. The SMILES string of the molecule is [2H]c1c([2H])c([2H])c(-c2cccc(-c3c([2H])c([2H])c([2H])c([2H])c3[2H])c2-[n+]2[c-]n(-c3[c-]c(Oc4[c-]c5c(cc4)c4ccccc4n5-c4cc(CC(C)(C)c5ccccc5)ccn4)ccc3)c3ccc(-c4ccccc4)cc32)c([2H])c1[2H].[Pt]. The summed E-state index contributed by atoms with van der Waals surface area (Å²) in [5.74, 6) is 1.52. The number of ether oxygens (including phenoxy) is 1. The fourth-order valence-electron chi connectivity index (χ4n) is 9.33. The Morgan fingerprint density at radius 1 is 0.586 bits per heavy atom. The third kappa shape index (κ3) is 8.33. The molecule has 9 aromatic carbocycles. The fourth-order valence-corrected chi connectivity index (χ4v) is 9.33. The van der Waals surface area contributed by atoms with E-state index in [0.29, 0.717) is 28.2 Å². The number of nitrogens with zero attached hydrogens (tertiary/aromatic N) is 4. The number of hydrogen-bond donors (Lipinski definition) is 0. The van der Waals surface area contributed by atoms with E-state index in [1.165, 1.54) is 5.56 Å². The van der Waals surface area contributed by atoms with Crippen LogP contribution in [0.3, 0.4) is 0 Å². The molecule has 6 heteroatoms. The first-order valence-corrected chi connectivity index (χ1v) is 22.6. The molecule has 0 amide bonds. The van der Waals surface area contributed by atoms with E-state index >= 15 is 0 Å². The summed E-state index contributed by atoms with van der Waals surface area (Å²) in [5, 5.41) is 2.00. The molecule has 0 N–H and O–H groups in total. The second-order valence-electron chi connectivity index (χ2n) is 17.4. The zero-order valence-electron chi connectivity index (χ0n) is 47.9. The summed E-state index contributed by atoms with van der Waals surface area (Å²) in [5.41, 5.74) is 7.39. The van der Waals surface area contributed by atoms with Crippen LogP contribution in [0.15, 0.2) is 230 Å². The molecule has 12 aromatic rings. The van der Waals surface area contributed by atoms with Crippen LogP contribution in [-0.4, -0.2) is 14.1 Å². The minimum atomic E-state index is -0.580. The van der Waals surface area contributed by atoms with Crippen LogP contribution >= 0.6 is 0 Å². The molecule has 3 heterocycles. The van der Waals surface area contributed by atoms with Gasteiger partial charge in [0.25, 0.3) is 6.33 Å². The molecule has 0 radical (unpaired) electrons. The summed E-state index contributed by atoms with van der Waals surface area (Å²) in [4.78, 5) is 4.90. The number of benzene rings is 9. The molecule has 0 spiro atoms. The minimum absolute atomic E-state index is 0. The van der Waals surface area contributed by atoms with Crippen molar-refractivity contribution in [3.8, 4) is 62.1 Å². The van der Waals surface area contributed by atoms with Gasteiger partial charge in [-0.15, -0.1) is 29.7 Å². The molecule has 0 fully saturated rings. The summed E-state index contributed by atoms with van der Waals surface area (Å²) in [6, 6.07) is 54.2. The fraction of sp³-hybridized carbons (Fsp3) is 0.0625. The van der Waals surface area contributed by atoms with E-state index < -0.39 is 60.4 Å². The predicted octanol–water partition coefficient (Wildman–Crippen LogP) is 15.1. The molecule has 0 aliphatic rings. The maximum absolute atomic E-state index is 9.16. The first kappa shape index (κ1) is 34.2. The molecule has 340 valence electrons. The van der Waals surface area contributed by atoms with Crippen LogP contribution in [0.5, 0.6) is 11.5 Å². The van der Waals surface area contributed by atoms with E-state index in [1.54, 1.807) is 33.4 Å². The monoisotopic (exact) mass is 1090 g/mol. The number of hydrogen-bond acceptors (Lipinski definition) is 2. The van der Waals surface area contributed by atoms with E-state index in [4.69, 9.17) is 23.4 Å². The van der Waals surface area contributed by atoms with Gasteiger partial charge >= 0.3 is 0 Å². The van der Waals surface area contributed by atoms with Crippen molar-refractivity contribution in [3.63, 3.8) is 0 Å². The van der Waals surface area contributed by atoms with Gasteiger partial charge in [0.15, 0.2) is 0 Å². The predicted molar refractivity (Wildman–Crippen MR) is 279 cm³/mol. The van der Waals surface area contributed by atoms with Gasteiger partial charge in [-0.05, 0) is 91.7 Å². The molecular weight excluding hydrogens is 1040 g/mol. The normalized spacial score (nSPS) is 13.5. The third-order valence-corrected chi connectivity index (χ3v) is 12.6. The first-order valence-electron chi connectivity index (χ1n) is 27.6. The number of imidazole rings is 1. The zero-order chi connectivity index (χ0) is 55.0. The Bertz CT molecular complexity index is 4280. The summed E-state index contributed by atoms with van der Waals surface area (Å²) in [6.45, 7) is 4.50. The van der Waals surface area contributed by atoms with Crippen LogP contribution in [0.25, 0.3) is 83.4 Å². The molecule has 12 rings (SSSR count). The van der Waals surface area contributed by atoms with Gasteiger partial charge in [-0.3, -0.25) is 4.57 Å². The van der Waals surface area contributed by atoms with E-state index in [1.807, 2.05) is 97.2 Å². The van der Waals surface area contributed by atoms with Gasteiger partial charge in [0.1, 0.15) is 5.82 Å². The Labute approximate surface area is 436 Å². The molecule has 0 atom stereocenters. The van der Waals surface area contributed by atoms with Crippen LogP contribution in [0, 0.1) is 18.5 Å². The summed E-state index contributed by atoms with van der Waals surface area (Å²) < 4.78 is 100.